The van der Waals surface area contributed by atoms with Gasteiger partial charge in [0.05, 0.1) is 6.61 Å². The number of likely N-dealkylation sites (tertiary alicyclic amines) is 1. The first-order valence-corrected chi connectivity index (χ1v) is 5.51. The van der Waals surface area contributed by atoms with E-state index in [1.165, 1.54) is 0 Å². The van der Waals surface area contributed by atoms with Gasteiger partial charge in [0, 0.05) is 20.2 Å². The number of hydrogen-bond acceptors (Lipinski definition) is 3. The summed E-state index contributed by atoms with van der Waals surface area (Å²) in [5.41, 5.74) is 6.17. The Bertz CT molecular complexity index is 269. The van der Waals surface area contributed by atoms with Crippen molar-refractivity contribution in [2.45, 2.75) is 19.9 Å². The van der Waals surface area contributed by atoms with E-state index in [0.717, 1.165) is 13.1 Å². The van der Waals surface area contributed by atoms with Crippen molar-refractivity contribution < 1.29 is 9.53 Å². The van der Waals surface area contributed by atoms with E-state index in [0.29, 0.717) is 23.9 Å². The van der Waals surface area contributed by atoms with Crippen LogP contribution in [-0.2, 0) is 9.53 Å². The molecule has 0 aromatic heterocycles. The third kappa shape index (κ3) is 2.06. The maximum Gasteiger partial charge on any atom is 0.241 e. The molecule has 0 radical (unpaired) electrons. The number of halogens is 1. The molecule has 0 bridgehead atoms. The summed E-state index contributed by atoms with van der Waals surface area (Å²) in [5.74, 6) is 1.42. The molecule has 5 heteroatoms. The minimum atomic E-state index is -0.490. The third-order valence-electron chi connectivity index (χ3n) is 4.10. The molecule has 0 aromatic carbocycles. The van der Waals surface area contributed by atoms with Crippen molar-refractivity contribution in [2.24, 2.45) is 23.0 Å². The molecule has 3 atom stereocenters. The van der Waals surface area contributed by atoms with Gasteiger partial charge in [0.25, 0.3) is 0 Å². The number of carbonyl (C=O) groups excluding carboxylic acids is 1. The molecular formula is C11H21ClN2O2. The van der Waals surface area contributed by atoms with Crippen LogP contribution in [0.2, 0.25) is 0 Å². The highest BCUT2D eigenvalue weighted by atomic mass is 35.5. The Labute approximate surface area is 103 Å². The van der Waals surface area contributed by atoms with E-state index >= 15 is 0 Å². The maximum absolute atomic E-state index is 11.8. The molecule has 1 aliphatic carbocycles. The zero-order valence-electron chi connectivity index (χ0n) is 10.1. The van der Waals surface area contributed by atoms with Crippen LogP contribution in [0.15, 0.2) is 0 Å². The molecule has 2 aliphatic rings. The third-order valence-corrected chi connectivity index (χ3v) is 4.10. The topological polar surface area (TPSA) is 55.6 Å². The van der Waals surface area contributed by atoms with Gasteiger partial charge in [0.15, 0.2) is 0 Å². The van der Waals surface area contributed by atoms with Crippen molar-refractivity contribution in [3.63, 3.8) is 0 Å². The first kappa shape index (κ1) is 13.7. The fraction of sp³-hybridized carbons (Fsp3) is 0.909. The number of fused-ring (bicyclic) bond motifs is 1. The standard InChI is InChI=1S/C11H20N2O2.ClH/c1-11(2)7-4-13(5-8(7)11)10(14)9(12)6-15-3;/h7-9H,4-6,12H2,1-3H3;1H. The summed E-state index contributed by atoms with van der Waals surface area (Å²) in [4.78, 5) is 13.7. The number of nitrogens with zero attached hydrogens (tertiary/aromatic N) is 1. The lowest BCUT2D eigenvalue weighted by Crippen LogP contribution is -2.46. The van der Waals surface area contributed by atoms with Crippen molar-refractivity contribution >= 4 is 18.3 Å². The lowest BCUT2D eigenvalue weighted by Gasteiger charge is -2.24. The molecule has 4 nitrogen and oxygen atoms in total. The van der Waals surface area contributed by atoms with Crippen LogP contribution in [0, 0.1) is 17.3 Å². The normalized spacial score (nSPS) is 31.6. The van der Waals surface area contributed by atoms with Crippen LogP contribution >= 0.6 is 12.4 Å². The number of rotatable bonds is 3. The molecule has 1 saturated heterocycles. The highest BCUT2D eigenvalue weighted by Crippen LogP contribution is 2.61. The summed E-state index contributed by atoms with van der Waals surface area (Å²) in [7, 11) is 1.57. The van der Waals surface area contributed by atoms with Crippen molar-refractivity contribution in [1.29, 1.82) is 0 Å². The smallest absolute Gasteiger partial charge is 0.241 e. The average molecular weight is 249 g/mol. The molecule has 1 heterocycles. The van der Waals surface area contributed by atoms with Gasteiger partial charge < -0.3 is 15.4 Å². The molecule has 2 N–H and O–H groups in total. The van der Waals surface area contributed by atoms with Crippen LogP contribution in [-0.4, -0.2) is 43.7 Å². The minimum Gasteiger partial charge on any atom is -0.383 e. The Balaban J connectivity index is 0.00000128. The number of ether oxygens (including phenoxy) is 1. The van der Waals surface area contributed by atoms with E-state index in [2.05, 4.69) is 13.8 Å². The molecule has 16 heavy (non-hydrogen) atoms. The van der Waals surface area contributed by atoms with Gasteiger partial charge in [0.2, 0.25) is 5.91 Å². The average Bonchev–Trinajstić information content (AvgIpc) is 2.60. The first-order valence-electron chi connectivity index (χ1n) is 5.51. The Hall–Kier alpha value is -0.320. The molecule has 1 amide bonds. The summed E-state index contributed by atoms with van der Waals surface area (Å²) in [6.45, 7) is 6.63. The van der Waals surface area contributed by atoms with Gasteiger partial charge in [-0.3, -0.25) is 4.79 Å². The highest BCUT2D eigenvalue weighted by molar-refractivity contribution is 5.85. The summed E-state index contributed by atoms with van der Waals surface area (Å²) < 4.78 is 4.89. The zero-order valence-corrected chi connectivity index (χ0v) is 10.9. The van der Waals surface area contributed by atoms with Gasteiger partial charge in [-0.05, 0) is 17.3 Å². The Morgan fingerprint density at radius 3 is 2.44 bits per heavy atom. The molecule has 1 saturated carbocycles. The van der Waals surface area contributed by atoms with Gasteiger partial charge in [-0.2, -0.15) is 0 Å². The van der Waals surface area contributed by atoms with Crippen LogP contribution in [0.3, 0.4) is 0 Å². The number of piperidine rings is 1. The number of amides is 1. The van der Waals surface area contributed by atoms with Gasteiger partial charge in [-0.1, -0.05) is 13.8 Å². The summed E-state index contributed by atoms with van der Waals surface area (Å²) in [6.07, 6.45) is 0. The van der Waals surface area contributed by atoms with Crippen LogP contribution in [0.25, 0.3) is 0 Å². The molecule has 0 aromatic rings. The molecular weight excluding hydrogens is 228 g/mol. The molecule has 3 unspecified atom stereocenters. The predicted octanol–water partition coefficient (Wildman–Crippen LogP) is 0.496. The first-order chi connectivity index (χ1) is 6.98. The zero-order chi connectivity index (χ0) is 11.2. The van der Waals surface area contributed by atoms with Gasteiger partial charge in [-0.25, -0.2) is 0 Å². The fourth-order valence-corrected chi connectivity index (χ4v) is 2.80. The lowest BCUT2D eigenvalue weighted by atomic mass is 10.1. The van der Waals surface area contributed by atoms with Crippen molar-refractivity contribution in [2.75, 3.05) is 26.8 Å². The van der Waals surface area contributed by atoms with Crippen molar-refractivity contribution in [1.82, 2.24) is 4.90 Å². The molecule has 0 spiro atoms. The maximum atomic E-state index is 11.8. The van der Waals surface area contributed by atoms with E-state index in [1.807, 2.05) is 4.90 Å². The lowest BCUT2D eigenvalue weighted by molar-refractivity contribution is -0.133. The van der Waals surface area contributed by atoms with Crippen LogP contribution in [0.4, 0.5) is 0 Å². The second kappa shape index (κ2) is 4.51. The summed E-state index contributed by atoms with van der Waals surface area (Å²) >= 11 is 0. The summed E-state index contributed by atoms with van der Waals surface area (Å²) in [5, 5.41) is 0. The molecule has 2 rings (SSSR count). The summed E-state index contributed by atoms with van der Waals surface area (Å²) in [6, 6.07) is -0.490. The largest absolute Gasteiger partial charge is 0.383 e. The number of hydrogen-bond donors (Lipinski definition) is 1. The van der Waals surface area contributed by atoms with E-state index < -0.39 is 6.04 Å². The number of methoxy groups -OCH3 is 1. The monoisotopic (exact) mass is 248 g/mol. The molecule has 94 valence electrons. The second-order valence-corrected chi connectivity index (χ2v) is 5.34. The molecule has 1 aliphatic heterocycles. The molecule has 2 fully saturated rings. The SMILES string of the molecule is COCC(N)C(=O)N1CC2C(C1)C2(C)C.Cl. The predicted molar refractivity (Wildman–Crippen MR) is 64.4 cm³/mol. The van der Waals surface area contributed by atoms with E-state index in [1.54, 1.807) is 7.11 Å². The van der Waals surface area contributed by atoms with Gasteiger partial charge in [0.1, 0.15) is 6.04 Å². The number of nitrogens with two attached hydrogens (primary N) is 1. The Morgan fingerprint density at radius 1 is 1.50 bits per heavy atom. The van der Waals surface area contributed by atoms with E-state index in [-0.39, 0.29) is 18.3 Å². The van der Waals surface area contributed by atoms with E-state index in [9.17, 15) is 4.79 Å². The van der Waals surface area contributed by atoms with Crippen LogP contribution in [0.5, 0.6) is 0 Å². The van der Waals surface area contributed by atoms with Gasteiger partial charge in [-0.15, -0.1) is 12.4 Å². The van der Waals surface area contributed by atoms with Crippen molar-refractivity contribution in [3.05, 3.63) is 0 Å². The highest BCUT2D eigenvalue weighted by Gasteiger charge is 2.62. The second-order valence-electron chi connectivity index (χ2n) is 5.34. The quantitative estimate of drug-likeness (QED) is 0.791. The van der Waals surface area contributed by atoms with Crippen LogP contribution < -0.4 is 5.73 Å². The Kier molecular flexibility index (Phi) is 3.87. The fourth-order valence-electron chi connectivity index (χ4n) is 2.80. The number of carbonyl (C=O) groups is 1. The Morgan fingerprint density at radius 2 is 2.00 bits per heavy atom. The van der Waals surface area contributed by atoms with Crippen LogP contribution in [0.1, 0.15) is 13.8 Å². The minimum absolute atomic E-state index is 0. The van der Waals surface area contributed by atoms with Gasteiger partial charge >= 0.3 is 0 Å². The van der Waals surface area contributed by atoms with Crippen molar-refractivity contribution in [3.8, 4) is 0 Å². The van der Waals surface area contributed by atoms with E-state index in [4.69, 9.17) is 10.5 Å².